The molecule has 0 fully saturated rings. The topological polar surface area (TPSA) is 58.2 Å². The number of amides is 2. The molecule has 0 radical (unpaired) electrons. The lowest BCUT2D eigenvalue weighted by Gasteiger charge is -2.09. The molecule has 108 valence electrons. The molecule has 0 saturated carbocycles. The fourth-order valence-electron chi connectivity index (χ4n) is 1.95. The van der Waals surface area contributed by atoms with Gasteiger partial charge in [-0.15, -0.1) is 0 Å². The number of aryl methyl sites for hydroxylation is 2. The SMILES string of the molecule is Cc1ccc(C(=O)NNC(=O)c2cccc(F)c2)c(C)c1. The number of hydrazine groups is 1. The Hall–Kier alpha value is -2.69. The summed E-state index contributed by atoms with van der Waals surface area (Å²) in [5.41, 5.74) is 7.05. The maximum atomic E-state index is 13.0. The van der Waals surface area contributed by atoms with E-state index in [1.807, 2.05) is 26.0 Å². The van der Waals surface area contributed by atoms with Crippen molar-refractivity contribution in [1.82, 2.24) is 10.9 Å². The van der Waals surface area contributed by atoms with Gasteiger partial charge in [0.15, 0.2) is 0 Å². The number of rotatable bonds is 2. The molecule has 2 aromatic carbocycles. The first kappa shape index (κ1) is 14.7. The van der Waals surface area contributed by atoms with Gasteiger partial charge in [-0.05, 0) is 43.7 Å². The van der Waals surface area contributed by atoms with E-state index < -0.39 is 17.6 Å². The molecule has 0 aliphatic rings. The highest BCUT2D eigenvalue weighted by Gasteiger charge is 2.11. The zero-order chi connectivity index (χ0) is 15.4. The van der Waals surface area contributed by atoms with Crippen molar-refractivity contribution in [3.05, 3.63) is 70.5 Å². The van der Waals surface area contributed by atoms with Crippen molar-refractivity contribution in [2.75, 3.05) is 0 Å². The van der Waals surface area contributed by atoms with Crippen LogP contribution in [0.5, 0.6) is 0 Å². The fourth-order valence-corrected chi connectivity index (χ4v) is 1.95. The Morgan fingerprint density at radius 1 is 0.952 bits per heavy atom. The van der Waals surface area contributed by atoms with Crippen LogP contribution in [0.25, 0.3) is 0 Å². The second kappa shape index (κ2) is 6.17. The number of nitrogens with one attached hydrogen (secondary N) is 2. The van der Waals surface area contributed by atoms with Gasteiger partial charge in [0.1, 0.15) is 5.82 Å². The molecule has 4 nitrogen and oxygen atoms in total. The number of hydrogen-bond donors (Lipinski definition) is 2. The number of carbonyl (C=O) groups excluding carboxylic acids is 2. The van der Waals surface area contributed by atoms with E-state index in [2.05, 4.69) is 10.9 Å². The Kier molecular flexibility index (Phi) is 4.33. The molecule has 0 heterocycles. The normalized spacial score (nSPS) is 10.0. The minimum atomic E-state index is -0.576. The third kappa shape index (κ3) is 3.66. The summed E-state index contributed by atoms with van der Waals surface area (Å²) in [4.78, 5) is 23.8. The Balaban J connectivity index is 2.02. The van der Waals surface area contributed by atoms with Crippen LogP contribution in [0.3, 0.4) is 0 Å². The van der Waals surface area contributed by atoms with Crippen molar-refractivity contribution >= 4 is 11.8 Å². The average molecular weight is 286 g/mol. The first-order valence-corrected chi connectivity index (χ1v) is 6.41. The van der Waals surface area contributed by atoms with E-state index in [9.17, 15) is 14.0 Å². The molecule has 0 atom stereocenters. The Labute approximate surface area is 122 Å². The fraction of sp³-hybridized carbons (Fsp3) is 0.125. The summed E-state index contributed by atoms with van der Waals surface area (Å²) in [5, 5.41) is 0. The summed E-state index contributed by atoms with van der Waals surface area (Å²) in [5.74, 6) is -1.51. The standard InChI is InChI=1S/C16H15FN2O2/c1-10-6-7-14(11(2)8-10)16(21)19-18-15(20)12-4-3-5-13(17)9-12/h3-9H,1-2H3,(H,18,20)(H,19,21). The van der Waals surface area contributed by atoms with E-state index in [0.717, 1.165) is 17.2 Å². The number of carbonyl (C=O) groups is 2. The molecule has 2 rings (SSSR count). The van der Waals surface area contributed by atoms with Crippen molar-refractivity contribution in [3.63, 3.8) is 0 Å². The molecule has 0 aliphatic heterocycles. The van der Waals surface area contributed by atoms with Gasteiger partial charge >= 0.3 is 0 Å². The molecule has 0 spiro atoms. The summed E-state index contributed by atoms with van der Waals surface area (Å²) >= 11 is 0. The van der Waals surface area contributed by atoms with Crippen molar-refractivity contribution in [2.45, 2.75) is 13.8 Å². The van der Waals surface area contributed by atoms with E-state index >= 15 is 0 Å². The van der Waals surface area contributed by atoms with Crippen LogP contribution in [0.1, 0.15) is 31.8 Å². The second-order valence-corrected chi connectivity index (χ2v) is 4.74. The molecule has 0 aromatic heterocycles. The predicted octanol–water partition coefficient (Wildman–Crippen LogP) is 2.52. The average Bonchev–Trinajstić information content (AvgIpc) is 2.44. The van der Waals surface area contributed by atoms with Crippen LogP contribution in [0.4, 0.5) is 4.39 Å². The van der Waals surface area contributed by atoms with Gasteiger partial charge in [-0.1, -0.05) is 23.8 Å². The molecule has 0 unspecified atom stereocenters. The van der Waals surface area contributed by atoms with E-state index in [1.54, 1.807) is 6.07 Å². The van der Waals surface area contributed by atoms with Crippen LogP contribution in [-0.2, 0) is 0 Å². The Morgan fingerprint density at radius 3 is 2.33 bits per heavy atom. The summed E-state index contributed by atoms with van der Waals surface area (Å²) in [7, 11) is 0. The molecular formula is C16H15FN2O2. The zero-order valence-electron chi connectivity index (χ0n) is 11.7. The summed E-state index contributed by atoms with van der Waals surface area (Å²) in [6.45, 7) is 3.75. The van der Waals surface area contributed by atoms with Crippen molar-refractivity contribution in [2.24, 2.45) is 0 Å². The lowest BCUT2D eigenvalue weighted by Crippen LogP contribution is -2.41. The lowest BCUT2D eigenvalue weighted by molar-refractivity contribution is 0.0846. The molecule has 0 bridgehead atoms. The molecule has 0 saturated heterocycles. The van der Waals surface area contributed by atoms with Crippen molar-refractivity contribution in [3.8, 4) is 0 Å². The molecular weight excluding hydrogens is 271 g/mol. The van der Waals surface area contributed by atoms with Crippen LogP contribution >= 0.6 is 0 Å². The second-order valence-electron chi connectivity index (χ2n) is 4.74. The quantitative estimate of drug-likeness (QED) is 0.833. The molecule has 2 N–H and O–H groups in total. The van der Waals surface area contributed by atoms with E-state index in [-0.39, 0.29) is 5.56 Å². The van der Waals surface area contributed by atoms with Crippen molar-refractivity contribution in [1.29, 1.82) is 0 Å². The zero-order valence-corrected chi connectivity index (χ0v) is 11.7. The van der Waals surface area contributed by atoms with E-state index in [1.165, 1.54) is 18.2 Å². The predicted molar refractivity (Wildman–Crippen MR) is 77.2 cm³/mol. The molecule has 0 aliphatic carbocycles. The Morgan fingerprint density at radius 2 is 1.67 bits per heavy atom. The van der Waals surface area contributed by atoms with Crippen molar-refractivity contribution < 1.29 is 14.0 Å². The maximum Gasteiger partial charge on any atom is 0.269 e. The van der Waals surface area contributed by atoms with Crippen LogP contribution in [0.15, 0.2) is 42.5 Å². The largest absolute Gasteiger partial charge is 0.269 e. The monoisotopic (exact) mass is 286 g/mol. The molecule has 2 aromatic rings. The van der Waals surface area contributed by atoms with Gasteiger partial charge in [0, 0.05) is 11.1 Å². The highest BCUT2D eigenvalue weighted by atomic mass is 19.1. The minimum Gasteiger partial charge on any atom is -0.267 e. The highest BCUT2D eigenvalue weighted by molar-refractivity contribution is 5.99. The van der Waals surface area contributed by atoms with Gasteiger partial charge in [0.25, 0.3) is 11.8 Å². The van der Waals surface area contributed by atoms with E-state index in [4.69, 9.17) is 0 Å². The number of benzene rings is 2. The summed E-state index contributed by atoms with van der Waals surface area (Å²) in [6, 6.07) is 10.6. The molecule has 21 heavy (non-hydrogen) atoms. The highest BCUT2D eigenvalue weighted by Crippen LogP contribution is 2.10. The lowest BCUT2D eigenvalue weighted by atomic mass is 10.1. The summed E-state index contributed by atoms with van der Waals surface area (Å²) in [6.07, 6.45) is 0. The van der Waals surface area contributed by atoms with Crippen LogP contribution in [0.2, 0.25) is 0 Å². The summed E-state index contributed by atoms with van der Waals surface area (Å²) < 4.78 is 13.0. The third-order valence-electron chi connectivity index (χ3n) is 3.00. The number of hydrogen-bond acceptors (Lipinski definition) is 2. The smallest absolute Gasteiger partial charge is 0.267 e. The Bertz CT molecular complexity index is 698. The van der Waals surface area contributed by atoms with Crippen LogP contribution in [0, 0.1) is 19.7 Å². The van der Waals surface area contributed by atoms with Gasteiger partial charge in [0.2, 0.25) is 0 Å². The first-order valence-electron chi connectivity index (χ1n) is 6.41. The van der Waals surface area contributed by atoms with Crippen LogP contribution in [-0.4, -0.2) is 11.8 Å². The number of halogens is 1. The first-order chi connectivity index (χ1) is 9.97. The molecule has 2 amide bonds. The van der Waals surface area contributed by atoms with E-state index in [0.29, 0.717) is 5.56 Å². The van der Waals surface area contributed by atoms with Gasteiger partial charge in [-0.2, -0.15) is 0 Å². The van der Waals surface area contributed by atoms with Gasteiger partial charge in [-0.3, -0.25) is 20.4 Å². The van der Waals surface area contributed by atoms with Gasteiger partial charge in [0.05, 0.1) is 0 Å². The van der Waals surface area contributed by atoms with Crippen LogP contribution < -0.4 is 10.9 Å². The van der Waals surface area contributed by atoms with Gasteiger partial charge in [-0.25, -0.2) is 4.39 Å². The van der Waals surface area contributed by atoms with Gasteiger partial charge < -0.3 is 0 Å². The maximum absolute atomic E-state index is 13.0. The molecule has 5 heteroatoms. The third-order valence-corrected chi connectivity index (χ3v) is 3.00. The minimum absolute atomic E-state index is 0.135.